The Labute approximate surface area is 264 Å². The third-order valence-corrected chi connectivity index (χ3v) is 11.0. The Bertz CT molecular complexity index is 1200. The Morgan fingerprint density at radius 1 is 0.667 bits per heavy atom. The molecular formula is C37H48F6O2. The van der Waals surface area contributed by atoms with Crippen molar-refractivity contribution in [2.75, 3.05) is 6.61 Å². The molecule has 0 spiro atoms. The zero-order valence-corrected chi connectivity index (χ0v) is 26.5. The number of alkyl halides is 2. The van der Waals surface area contributed by atoms with E-state index in [1.165, 1.54) is 70.3 Å². The standard InChI is InChI=1S/C37H48F6O2/c1-2-3-4-5-24-6-10-26(11-7-24)27-12-8-25(9-13-27)23-44-30-18-19-32(33(38)20-30)28-14-16-29(17-15-28)37(42,43)45-31-21-34(39)36(41)35(40)22-31/h18-22,24-29H,2-17,23H2,1H3. The minimum Gasteiger partial charge on any atom is -0.493 e. The van der Waals surface area contributed by atoms with Crippen molar-refractivity contribution < 1.29 is 35.8 Å². The molecule has 0 amide bonds. The van der Waals surface area contributed by atoms with Crippen LogP contribution in [-0.2, 0) is 0 Å². The summed E-state index contributed by atoms with van der Waals surface area (Å²) < 4.78 is 95.4. The highest BCUT2D eigenvalue weighted by Gasteiger charge is 2.44. The van der Waals surface area contributed by atoms with Crippen LogP contribution in [0.1, 0.15) is 121 Å². The van der Waals surface area contributed by atoms with Crippen LogP contribution in [0, 0.1) is 52.9 Å². The van der Waals surface area contributed by atoms with E-state index in [4.69, 9.17) is 4.74 Å². The first-order chi connectivity index (χ1) is 21.6. The number of rotatable bonds is 12. The topological polar surface area (TPSA) is 18.5 Å². The Balaban J connectivity index is 1.03. The zero-order chi connectivity index (χ0) is 32.0. The maximum absolute atomic E-state index is 15.1. The molecule has 0 heterocycles. The number of benzene rings is 2. The van der Waals surface area contributed by atoms with E-state index in [2.05, 4.69) is 11.7 Å². The highest BCUT2D eigenvalue weighted by atomic mass is 19.3. The van der Waals surface area contributed by atoms with E-state index in [0.717, 1.165) is 30.6 Å². The van der Waals surface area contributed by atoms with Gasteiger partial charge < -0.3 is 9.47 Å². The van der Waals surface area contributed by atoms with Crippen molar-refractivity contribution in [2.24, 2.45) is 29.6 Å². The minimum absolute atomic E-state index is 0.0462. The van der Waals surface area contributed by atoms with Gasteiger partial charge in [-0.1, -0.05) is 51.5 Å². The van der Waals surface area contributed by atoms with Gasteiger partial charge in [-0.05, 0) is 105 Å². The first kappa shape index (κ1) is 34.0. The molecule has 250 valence electrons. The second-order valence-electron chi connectivity index (χ2n) is 14.0. The second-order valence-corrected chi connectivity index (χ2v) is 14.0. The summed E-state index contributed by atoms with van der Waals surface area (Å²) in [6.45, 7) is 2.85. The first-order valence-electron chi connectivity index (χ1n) is 17.3. The van der Waals surface area contributed by atoms with Gasteiger partial charge in [-0.3, -0.25) is 0 Å². The summed E-state index contributed by atoms with van der Waals surface area (Å²) in [5.74, 6) is -3.91. The Morgan fingerprint density at radius 2 is 1.24 bits per heavy atom. The lowest BCUT2D eigenvalue weighted by molar-refractivity contribution is -0.222. The van der Waals surface area contributed by atoms with Crippen molar-refractivity contribution in [3.8, 4) is 11.5 Å². The van der Waals surface area contributed by atoms with E-state index < -0.39 is 41.0 Å². The van der Waals surface area contributed by atoms with Crippen LogP contribution in [-0.4, -0.2) is 12.7 Å². The quantitative estimate of drug-likeness (QED) is 0.131. The highest BCUT2D eigenvalue weighted by molar-refractivity contribution is 5.31. The van der Waals surface area contributed by atoms with Gasteiger partial charge in [-0.25, -0.2) is 17.6 Å². The Hall–Kier alpha value is -2.38. The molecule has 2 nitrogen and oxygen atoms in total. The first-order valence-corrected chi connectivity index (χ1v) is 17.3. The number of hydrogen-bond acceptors (Lipinski definition) is 2. The molecule has 2 aromatic carbocycles. The molecule has 0 radical (unpaired) electrons. The predicted molar refractivity (Wildman–Crippen MR) is 164 cm³/mol. The molecule has 8 heteroatoms. The third-order valence-electron chi connectivity index (χ3n) is 11.0. The van der Waals surface area contributed by atoms with Crippen LogP contribution < -0.4 is 9.47 Å². The monoisotopic (exact) mass is 638 g/mol. The maximum Gasteiger partial charge on any atom is 0.400 e. The lowest BCUT2D eigenvalue weighted by atomic mass is 9.69. The molecule has 5 rings (SSSR count). The fraction of sp³-hybridized carbons (Fsp3) is 0.676. The van der Waals surface area contributed by atoms with Crippen LogP contribution in [0.3, 0.4) is 0 Å². The van der Waals surface area contributed by atoms with Crippen molar-refractivity contribution in [2.45, 2.75) is 122 Å². The normalized spacial score (nSPS) is 27.7. The molecule has 3 aliphatic carbocycles. The van der Waals surface area contributed by atoms with Crippen LogP contribution >= 0.6 is 0 Å². The summed E-state index contributed by atoms with van der Waals surface area (Å²) in [6, 6.07) is 5.68. The average molecular weight is 639 g/mol. The van der Waals surface area contributed by atoms with Crippen LogP contribution in [0.4, 0.5) is 26.3 Å². The molecule has 0 atom stereocenters. The predicted octanol–water partition coefficient (Wildman–Crippen LogP) is 11.8. The van der Waals surface area contributed by atoms with E-state index in [-0.39, 0.29) is 18.8 Å². The van der Waals surface area contributed by atoms with E-state index in [0.29, 0.717) is 48.8 Å². The fourth-order valence-corrected chi connectivity index (χ4v) is 8.17. The molecule has 0 N–H and O–H groups in total. The van der Waals surface area contributed by atoms with Crippen molar-refractivity contribution in [1.29, 1.82) is 0 Å². The van der Waals surface area contributed by atoms with Crippen molar-refractivity contribution in [3.05, 3.63) is 59.2 Å². The SMILES string of the molecule is CCCCCC1CCC(C2CCC(COc3ccc(C4CCC(C(F)(F)Oc5cc(F)c(F)c(F)c5)CC4)c(F)c3)CC2)CC1. The second kappa shape index (κ2) is 15.5. The molecule has 3 aliphatic rings. The molecule has 3 saturated carbocycles. The lowest BCUT2D eigenvalue weighted by Gasteiger charge is -2.38. The van der Waals surface area contributed by atoms with Gasteiger partial charge in [0.05, 0.1) is 12.5 Å². The van der Waals surface area contributed by atoms with Crippen LogP contribution in [0.15, 0.2) is 30.3 Å². The smallest absolute Gasteiger partial charge is 0.400 e. The zero-order valence-electron chi connectivity index (χ0n) is 26.5. The van der Waals surface area contributed by atoms with Crippen molar-refractivity contribution in [1.82, 2.24) is 0 Å². The van der Waals surface area contributed by atoms with Crippen LogP contribution in [0.2, 0.25) is 0 Å². The van der Waals surface area contributed by atoms with Gasteiger partial charge in [-0.2, -0.15) is 8.78 Å². The van der Waals surface area contributed by atoms with E-state index >= 15 is 4.39 Å². The van der Waals surface area contributed by atoms with Crippen molar-refractivity contribution >= 4 is 0 Å². The molecule has 0 aromatic heterocycles. The molecule has 0 saturated heterocycles. The highest BCUT2D eigenvalue weighted by Crippen LogP contribution is 2.45. The van der Waals surface area contributed by atoms with Crippen LogP contribution in [0.25, 0.3) is 0 Å². The van der Waals surface area contributed by atoms with Gasteiger partial charge in [-0.15, -0.1) is 0 Å². The molecule has 0 unspecified atom stereocenters. The van der Waals surface area contributed by atoms with Gasteiger partial charge in [0.1, 0.15) is 17.3 Å². The summed E-state index contributed by atoms with van der Waals surface area (Å²) in [6.07, 6.45) is 12.9. The number of ether oxygens (including phenoxy) is 2. The van der Waals surface area contributed by atoms with E-state index in [1.807, 2.05) is 0 Å². The van der Waals surface area contributed by atoms with E-state index in [9.17, 15) is 22.0 Å². The average Bonchev–Trinajstić information content (AvgIpc) is 3.03. The van der Waals surface area contributed by atoms with Gasteiger partial charge in [0, 0.05) is 18.2 Å². The molecule has 0 aliphatic heterocycles. The molecule has 45 heavy (non-hydrogen) atoms. The number of halogens is 6. The molecule has 0 bridgehead atoms. The van der Waals surface area contributed by atoms with Crippen molar-refractivity contribution in [3.63, 3.8) is 0 Å². The minimum atomic E-state index is -3.70. The summed E-state index contributed by atoms with van der Waals surface area (Å²) >= 11 is 0. The molecule has 2 aromatic rings. The summed E-state index contributed by atoms with van der Waals surface area (Å²) in [4.78, 5) is 0. The third kappa shape index (κ3) is 8.91. The van der Waals surface area contributed by atoms with E-state index in [1.54, 1.807) is 12.1 Å². The molecular weight excluding hydrogens is 590 g/mol. The van der Waals surface area contributed by atoms with Gasteiger partial charge >= 0.3 is 6.11 Å². The number of hydrogen-bond donors (Lipinski definition) is 0. The Kier molecular flexibility index (Phi) is 11.7. The van der Waals surface area contributed by atoms with Gasteiger partial charge in [0.2, 0.25) is 0 Å². The Morgan fingerprint density at radius 3 is 1.82 bits per heavy atom. The lowest BCUT2D eigenvalue weighted by Crippen LogP contribution is -2.37. The summed E-state index contributed by atoms with van der Waals surface area (Å²) in [7, 11) is 0. The summed E-state index contributed by atoms with van der Waals surface area (Å²) in [5, 5.41) is 0. The van der Waals surface area contributed by atoms with Crippen LogP contribution in [0.5, 0.6) is 11.5 Å². The maximum atomic E-state index is 15.1. The van der Waals surface area contributed by atoms with Gasteiger partial charge in [0.25, 0.3) is 0 Å². The number of unbranched alkanes of at least 4 members (excludes halogenated alkanes) is 2. The fourth-order valence-electron chi connectivity index (χ4n) is 8.17. The largest absolute Gasteiger partial charge is 0.493 e. The molecule has 3 fully saturated rings. The van der Waals surface area contributed by atoms with Gasteiger partial charge in [0.15, 0.2) is 17.5 Å². The summed E-state index contributed by atoms with van der Waals surface area (Å²) in [5.41, 5.74) is 0.480.